The summed E-state index contributed by atoms with van der Waals surface area (Å²) in [7, 11) is 1.66. The van der Waals surface area contributed by atoms with Crippen molar-refractivity contribution in [3.05, 3.63) is 40.6 Å². The predicted octanol–water partition coefficient (Wildman–Crippen LogP) is 3.41. The van der Waals surface area contributed by atoms with Crippen molar-refractivity contribution in [2.45, 2.75) is 32.9 Å². The quantitative estimate of drug-likeness (QED) is 0.816. The number of carbonyl (C=O) groups excluding carboxylic acids is 1. The molecule has 0 aliphatic carbocycles. The number of nitrogens with one attached hydrogen (secondary N) is 1. The molecular weight excluding hydrogens is 308 g/mol. The fourth-order valence-corrected chi connectivity index (χ4v) is 3.05. The molecule has 3 N–H and O–H groups in total. The lowest BCUT2D eigenvalue weighted by molar-refractivity contribution is -0.123. The number of benzene rings is 1. The van der Waals surface area contributed by atoms with Gasteiger partial charge in [0.05, 0.1) is 19.7 Å². The average Bonchev–Trinajstić information content (AvgIpc) is 3.07. The third-order valence-electron chi connectivity index (χ3n) is 4.07. The highest BCUT2D eigenvalue weighted by Crippen LogP contribution is 2.27. The Morgan fingerprint density at radius 1 is 1.30 bits per heavy atom. The molecule has 1 heterocycles. The molecule has 0 saturated carbocycles. The van der Waals surface area contributed by atoms with Gasteiger partial charge in [0.2, 0.25) is 5.91 Å². The normalized spacial score (nSPS) is 13.4. The van der Waals surface area contributed by atoms with E-state index in [2.05, 4.69) is 16.8 Å². The molecule has 124 valence electrons. The van der Waals surface area contributed by atoms with Crippen LogP contribution in [0.2, 0.25) is 0 Å². The second kappa shape index (κ2) is 8.13. The van der Waals surface area contributed by atoms with E-state index in [0.717, 1.165) is 28.2 Å². The van der Waals surface area contributed by atoms with Crippen LogP contribution in [-0.2, 0) is 11.3 Å². The predicted molar refractivity (Wildman–Crippen MR) is 95.6 cm³/mol. The maximum Gasteiger partial charge on any atom is 0.237 e. The summed E-state index contributed by atoms with van der Waals surface area (Å²) in [6, 6.07) is 9.60. The fourth-order valence-electron chi connectivity index (χ4n) is 2.21. The van der Waals surface area contributed by atoms with Gasteiger partial charge in [-0.1, -0.05) is 32.4 Å². The SMILES string of the molecule is CCC(C)C(N)C(=O)NCc1cc(-c2ccc(OC)cc2)cs1. The lowest BCUT2D eigenvalue weighted by Gasteiger charge is -2.17. The number of amides is 1. The van der Waals surface area contributed by atoms with Gasteiger partial charge in [-0.3, -0.25) is 4.79 Å². The number of hydrogen-bond donors (Lipinski definition) is 2. The largest absolute Gasteiger partial charge is 0.497 e. The molecule has 0 saturated heterocycles. The molecule has 0 bridgehead atoms. The zero-order valence-corrected chi connectivity index (χ0v) is 14.7. The first-order chi connectivity index (χ1) is 11.0. The molecule has 0 spiro atoms. The van der Waals surface area contributed by atoms with Crippen molar-refractivity contribution in [3.8, 4) is 16.9 Å². The van der Waals surface area contributed by atoms with Gasteiger partial charge in [0.1, 0.15) is 5.75 Å². The average molecular weight is 332 g/mol. The zero-order chi connectivity index (χ0) is 16.8. The van der Waals surface area contributed by atoms with E-state index in [4.69, 9.17) is 10.5 Å². The van der Waals surface area contributed by atoms with E-state index in [-0.39, 0.29) is 11.8 Å². The van der Waals surface area contributed by atoms with Crippen molar-refractivity contribution >= 4 is 17.2 Å². The molecule has 5 heteroatoms. The van der Waals surface area contributed by atoms with E-state index in [9.17, 15) is 4.79 Å². The molecule has 1 aromatic heterocycles. The third kappa shape index (κ3) is 4.56. The summed E-state index contributed by atoms with van der Waals surface area (Å²) in [6.45, 7) is 4.55. The molecule has 1 aromatic carbocycles. The Morgan fingerprint density at radius 3 is 2.61 bits per heavy atom. The third-order valence-corrected chi connectivity index (χ3v) is 5.01. The highest BCUT2D eigenvalue weighted by atomic mass is 32.1. The molecule has 2 atom stereocenters. The summed E-state index contributed by atoms with van der Waals surface area (Å²) in [5, 5.41) is 5.02. The summed E-state index contributed by atoms with van der Waals surface area (Å²) in [5.41, 5.74) is 8.22. The molecule has 0 fully saturated rings. The van der Waals surface area contributed by atoms with Gasteiger partial charge in [-0.2, -0.15) is 0 Å². The first-order valence-corrected chi connectivity index (χ1v) is 8.68. The lowest BCUT2D eigenvalue weighted by Crippen LogP contribution is -2.44. The van der Waals surface area contributed by atoms with Crippen LogP contribution in [0.5, 0.6) is 5.75 Å². The molecular formula is C18H24N2O2S. The van der Waals surface area contributed by atoms with Gasteiger partial charge in [0, 0.05) is 4.88 Å². The van der Waals surface area contributed by atoms with Gasteiger partial charge in [-0.05, 0) is 40.6 Å². The van der Waals surface area contributed by atoms with Gasteiger partial charge in [0.15, 0.2) is 0 Å². The fraction of sp³-hybridized carbons (Fsp3) is 0.389. The van der Waals surface area contributed by atoms with Crippen molar-refractivity contribution < 1.29 is 9.53 Å². The summed E-state index contributed by atoms with van der Waals surface area (Å²) in [5.74, 6) is 0.947. The number of carbonyl (C=O) groups is 1. The van der Waals surface area contributed by atoms with E-state index >= 15 is 0 Å². The van der Waals surface area contributed by atoms with Crippen LogP contribution in [0.1, 0.15) is 25.1 Å². The number of ether oxygens (including phenoxy) is 1. The van der Waals surface area contributed by atoms with Crippen LogP contribution in [0.4, 0.5) is 0 Å². The van der Waals surface area contributed by atoms with Crippen LogP contribution in [0.25, 0.3) is 11.1 Å². The monoisotopic (exact) mass is 332 g/mol. The Labute approximate surface area is 141 Å². The second-order valence-corrected chi connectivity index (χ2v) is 6.66. The molecule has 2 aromatic rings. The summed E-state index contributed by atoms with van der Waals surface area (Å²) >= 11 is 1.64. The van der Waals surface area contributed by atoms with Crippen molar-refractivity contribution in [2.24, 2.45) is 11.7 Å². The van der Waals surface area contributed by atoms with Gasteiger partial charge >= 0.3 is 0 Å². The summed E-state index contributed by atoms with van der Waals surface area (Å²) in [6.07, 6.45) is 0.898. The van der Waals surface area contributed by atoms with Gasteiger partial charge < -0.3 is 15.8 Å². The second-order valence-electron chi connectivity index (χ2n) is 5.66. The van der Waals surface area contributed by atoms with Crippen molar-refractivity contribution in [2.75, 3.05) is 7.11 Å². The van der Waals surface area contributed by atoms with E-state index in [1.54, 1.807) is 18.4 Å². The molecule has 23 heavy (non-hydrogen) atoms. The van der Waals surface area contributed by atoms with Crippen LogP contribution in [0, 0.1) is 5.92 Å². The number of methoxy groups -OCH3 is 1. The molecule has 0 aliphatic rings. The van der Waals surface area contributed by atoms with E-state index in [0.29, 0.717) is 6.54 Å². The van der Waals surface area contributed by atoms with Gasteiger partial charge in [-0.15, -0.1) is 11.3 Å². The first kappa shape index (κ1) is 17.5. The Morgan fingerprint density at radius 2 is 2.00 bits per heavy atom. The molecule has 2 unspecified atom stereocenters. The van der Waals surface area contributed by atoms with Crippen LogP contribution < -0.4 is 15.8 Å². The maximum absolute atomic E-state index is 12.0. The zero-order valence-electron chi connectivity index (χ0n) is 13.8. The number of hydrogen-bond acceptors (Lipinski definition) is 4. The first-order valence-electron chi connectivity index (χ1n) is 7.80. The standard InChI is InChI=1S/C18H24N2O2S/c1-4-12(2)17(19)18(21)20-10-16-9-14(11-23-16)13-5-7-15(22-3)8-6-13/h5-9,11-12,17H,4,10,19H2,1-3H3,(H,20,21). The van der Waals surface area contributed by atoms with Crippen molar-refractivity contribution in [1.29, 1.82) is 0 Å². The smallest absolute Gasteiger partial charge is 0.237 e. The Kier molecular flexibility index (Phi) is 6.19. The molecule has 4 nitrogen and oxygen atoms in total. The highest BCUT2D eigenvalue weighted by molar-refractivity contribution is 7.10. The van der Waals surface area contributed by atoms with E-state index in [1.807, 2.05) is 38.1 Å². The van der Waals surface area contributed by atoms with Gasteiger partial charge in [-0.25, -0.2) is 0 Å². The minimum absolute atomic E-state index is 0.0845. The van der Waals surface area contributed by atoms with Crippen LogP contribution >= 0.6 is 11.3 Å². The maximum atomic E-state index is 12.0. The molecule has 2 rings (SSSR count). The molecule has 0 radical (unpaired) electrons. The molecule has 1 amide bonds. The van der Waals surface area contributed by atoms with E-state index in [1.165, 1.54) is 0 Å². The minimum atomic E-state index is -0.443. The van der Waals surface area contributed by atoms with Crippen LogP contribution in [-0.4, -0.2) is 19.1 Å². The van der Waals surface area contributed by atoms with Crippen molar-refractivity contribution in [1.82, 2.24) is 5.32 Å². The summed E-state index contributed by atoms with van der Waals surface area (Å²) < 4.78 is 5.17. The van der Waals surface area contributed by atoms with Crippen molar-refractivity contribution in [3.63, 3.8) is 0 Å². The number of rotatable bonds is 7. The topological polar surface area (TPSA) is 64.4 Å². The van der Waals surface area contributed by atoms with Crippen LogP contribution in [0.15, 0.2) is 35.7 Å². The number of nitrogens with two attached hydrogens (primary N) is 1. The number of thiophene rings is 1. The van der Waals surface area contributed by atoms with Gasteiger partial charge in [0.25, 0.3) is 0 Å². The minimum Gasteiger partial charge on any atom is -0.497 e. The summed E-state index contributed by atoms with van der Waals surface area (Å²) in [4.78, 5) is 13.1. The Balaban J connectivity index is 1.95. The Bertz CT molecular complexity index is 637. The highest BCUT2D eigenvalue weighted by Gasteiger charge is 2.19. The lowest BCUT2D eigenvalue weighted by atomic mass is 9.99. The molecule has 0 aliphatic heterocycles. The van der Waals surface area contributed by atoms with Crippen LogP contribution in [0.3, 0.4) is 0 Å². The van der Waals surface area contributed by atoms with E-state index < -0.39 is 6.04 Å². The Hall–Kier alpha value is -1.85.